The Morgan fingerprint density at radius 2 is 2.25 bits per heavy atom. The highest BCUT2D eigenvalue weighted by atomic mass is 79.9. The number of nitrogens with two attached hydrogens (primary N) is 1. The lowest BCUT2D eigenvalue weighted by Crippen LogP contribution is -2.14. The molecule has 1 aromatic heterocycles. The van der Waals surface area contributed by atoms with Gasteiger partial charge in [-0.25, -0.2) is 12.4 Å². The van der Waals surface area contributed by atoms with Gasteiger partial charge in [-0.2, -0.15) is 0 Å². The minimum absolute atomic E-state index is 0.207. The zero-order chi connectivity index (χ0) is 9.35. The van der Waals surface area contributed by atoms with Gasteiger partial charge in [0.1, 0.15) is 0 Å². The number of nitrogens with zero attached hydrogens (tertiary/aromatic N) is 1. The van der Waals surface area contributed by atoms with Gasteiger partial charge in [0, 0.05) is 22.9 Å². The third-order valence-corrected chi connectivity index (χ3v) is 2.88. The van der Waals surface area contributed by atoms with Gasteiger partial charge in [-0.05, 0) is 22.0 Å². The molecule has 0 radical (unpaired) electrons. The van der Waals surface area contributed by atoms with Crippen LogP contribution in [0.3, 0.4) is 0 Å². The molecule has 0 saturated carbocycles. The molecule has 0 spiro atoms. The lowest BCUT2D eigenvalue weighted by atomic mass is 10.4. The maximum Gasteiger partial charge on any atom is 0.235 e. The Balaban J connectivity index is 3.33. The molecular weight excluding hydrogens is 244 g/mol. The molecule has 1 heterocycles. The van der Waals surface area contributed by atoms with Crippen molar-refractivity contribution in [2.24, 2.45) is 5.73 Å². The molecule has 1 aromatic rings. The minimum atomic E-state index is -3.22. The number of hydrogen-bond acceptors (Lipinski definition) is 3. The second-order valence-electron chi connectivity index (χ2n) is 2.41. The molecule has 0 aliphatic carbocycles. The van der Waals surface area contributed by atoms with Crippen molar-refractivity contribution in [3.8, 4) is 0 Å². The van der Waals surface area contributed by atoms with Crippen molar-refractivity contribution in [3.05, 3.63) is 22.4 Å². The van der Waals surface area contributed by atoms with Gasteiger partial charge >= 0.3 is 0 Å². The van der Waals surface area contributed by atoms with Crippen LogP contribution in [0, 0.1) is 0 Å². The quantitative estimate of drug-likeness (QED) is 0.835. The zero-order valence-corrected chi connectivity index (χ0v) is 8.89. The molecule has 12 heavy (non-hydrogen) atoms. The van der Waals surface area contributed by atoms with Crippen molar-refractivity contribution in [1.82, 2.24) is 3.97 Å². The van der Waals surface area contributed by atoms with E-state index in [2.05, 4.69) is 15.9 Å². The summed E-state index contributed by atoms with van der Waals surface area (Å²) in [5, 5.41) is 0. The van der Waals surface area contributed by atoms with Crippen molar-refractivity contribution in [2.45, 2.75) is 6.54 Å². The summed E-state index contributed by atoms with van der Waals surface area (Å²) in [6.07, 6.45) is 2.62. The van der Waals surface area contributed by atoms with Crippen molar-refractivity contribution in [1.29, 1.82) is 0 Å². The molecule has 0 bridgehead atoms. The summed E-state index contributed by atoms with van der Waals surface area (Å²) < 4.78 is 24.1. The van der Waals surface area contributed by atoms with E-state index in [-0.39, 0.29) is 6.54 Å². The average molecular weight is 253 g/mol. The van der Waals surface area contributed by atoms with Crippen LogP contribution >= 0.6 is 15.9 Å². The number of aromatic nitrogens is 1. The smallest absolute Gasteiger partial charge is 0.235 e. The van der Waals surface area contributed by atoms with E-state index in [9.17, 15) is 8.42 Å². The Kier molecular flexibility index (Phi) is 2.60. The van der Waals surface area contributed by atoms with E-state index >= 15 is 0 Å². The van der Waals surface area contributed by atoms with E-state index < -0.39 is 10.0 Å². The van der Waals surface area contributed by atoms with Crippen molar-refractivity contribution in [2.75, 3.05) is 6.26 Å². The van der Waals surface area contributed by atoms with E-state index in [1.165, 1.54) is 6.20 Å². The lowest BCUT2D eigenvalue weighted by molar-refractivity contribution is 0.591. The largest absolute Gasteiger partial charge is 0.325 e. The van der Waals surface area contributed by atoms with Gasteiger partial charge in [-0.1, -0.05) is 0 Å². The van der Waals surface area contributed by atoms with E-state index in [1.54, 1.807) is 6.07 Å². The van der Waals surface area contributed by atoms with Gasteiger partial charge in [-0.3, -0.25) is 0 Å². The maximum absolute atomic E-state index is 11.1. The van der Waals surface area contributed by atoms with Crippen LogP contribution in [0.4, 0.5) is 0 Å². The molecule has 0 saturated heterocycles. The average Bonchev–Trinajstić information content (AvgIpc) is 2.29. The lowest BCUT2D eigenvalue weighted by Gasteiger charge is -2.02. The molecule has 4 nitrogen and oxygen atoms in total. The summed E-state index contributed by atoms with van der Waals surface area (Å²) >= 11 is 3.18. The van der Waals surface area contributed by atoms with Crippen LogP contribution in [0.5, 0.6) is 0 Å². The fraction of sp³-hybridized carbons (Fsp3) is 0.333. The summed E-state index contributed by atoms with van der Waals surface area (Å²) in [6, 6.07) is 1.68. The van der Waals surface area contributed by atoms with Crippen LogP contribution in [0.25, 0.3) is 0 Å². The van der Waals surface area contributed by atoms with Crippen LogP contribution in [0.1, 0.15) is 5.69 Å². The van der Waals surface area contributed by atoms with Crippen LogP contribution in [-0.4, -0.2) is 18.6 Å². The predicted octanol–water partition coefficient (Wildman–Crippen LogP) is 0.517. The summed E-state index contributed by atoms with van der Waals surface area (Å²) in [5.41, 5.74) is 5.93. The highest BCUT2D eigenvalue weighted by Crippen LogP contribution is 2.15. The van der Waals surface area contributed by atoms with Crippen molar-refractivity contribution < 1.29 is 8.42 Å². The minimum Gasteiger partial charge on any atom is -0.325 e. The first kappa shape index (κ1) is 9.76. The van der Waals surface area contributed by atoms with Crippen molar-refractivity contribution >= 4 is 26.0 Å². The first-order chi connectivity index (χ1) is 5.45. The van der Waals surface area contributed by atoms with Gasteiger partial charge in [-0.15, -0.1) is 0 Å². The Bertz CT molecular complexity index is 382. The monoisotopic (exact) mass is 252 g/mol. The molecule has 2 N–H and O–H groups in total. The normalized spacial score (nSPS) is 11.9. The predicted molar refractivity (Wildman–Crippen MR) is 50.3 cm³/mol. The highest BCUT2D eigenvalue weighted by Gasteiger charge is 2.10. The molecule has 0 unspecified atom stereocenters. The second kappa shape index (κ2) is 3.20. The Labute approximate surface area is 79.5 Å². The van der Waals surface area contributed by atoms with E-state index in [4.69, 9.17) is 5.73 Å². The topological polar surface area (TPSA) is 65.1 Å². The molecule has 0 amide bonds. The molecule has 68 valence electrons. The molecule has 1 rings (SSSR count). The van der Waals surface area contributed by atoms with Crippen LogP contribution in [0.15, 0.2) is 16.7 Å². The first-order valence-corrected chi connectivity index (χ1v) is 5.86. The maximum atomic E-state index is 11.1. The molecule has 0 aliphatic heterocycles. The Morgan fingerprint density at radius 1 is 1.67 bits per heavy atom. The first-order valence-electron chi connectivity index (χ1n) is 3.22. The zero-order valence-electron chi connectivity index (χ0n) is 6.49. The molecule has 6 heteroatoms. The van der Waals surface area contributed by atoms with Gasteiger partial charge in [0.15, 0.2) is 0 Å². The Morgan fingerprint density at radius 3 is 2.58 bits per heavy atom. The van der Waals surface area contributed by atoms with Crippen molar-refractivity contribution in [3.63, 3.8) is 0 Å². The van der Waals surface area contributed by atoms with Crippen LogP contribution in [-0.2, 0) is 16.6 Å². The highest BCUT2D eigenvalue weighted by molar-refractivity contribution is 9.10. The van der Waals surface area contributed by atoms with Gasteiger partial charge in [0.2, 0.25) is 10.0 Å². The fourth-order valence-corrected chi connectivity index (χ4v) is 2.38. The summed E-state index contributed by atoms with van der Waals surface area (Å²) in [4.78, 5) is 0. The van der Waals surface area contributed by atoms with Gasteiger partial charge in [0.05, 0.1) is 6.26 Å². The molecule has 0 aliphatic rings. The molecular formula is C6H9BrN2O2S. The summed E-state index contributed by atoms with van der Waals surface area (Å²) in [5.74, 6) is 0. The van der Waals surface area contributed by atoms with E-state index in [1.807, 2.05) is 0 Å². The summed E-state index contributed by atoms with van der Waals surface area (Å²) in [7, 11) is -3.22. The third-order valence-electron chi connectivity index (χ3n) is 1.39. The van der Waals surface area contributed by atoms with Crippen LogP contribution in [0.2, 0.25) is 0 Å². The third kappa shape index (κ3) is 1.88. The van der Waals surface area contributed by atoms with Gasteiger partial charge in [0.25, 0.3) is 0 Å². The standard InChI is InChI=1S/C6H9BrN2O2S/c1-12(10,11)9-4-5(7)2-6(9)3-8/h2,4H,3,8H2,1H3. The molecule has 0 atom stereocenters. The van der Waals surface area contributed by atoms with Gasteiger partial charge < -0.3 is 5.73 Å². The molecule has 0 fully saturated rings. The molecule has 0 aromatic carbocycles. The van der Waals surface area contributed by atoms with E-state index in [0.29, 0.717) is 10.2 Å². The Hall–Kier alpha value is -0.330. The fourth-order valence-electron chi connectivity index (χ4n) is 0.913. The SMILES string of the molecule is CS(=O)(=O)n1cc(Br)cc1CN. The van der Waals surface area contributed by atoms with E-state index in [0.717, 1.165) is 10.2 Å². The summed E-state index contributed by atoms with van der Waals surface area (Å²) in [6.45, 7) is 0.207. The number of hydrogen-bond donors (Lipinski definition) is 1. The number of rotatable bonds is 2. The van der Waals surface area contributed by atoms with Crippen LogP contribution < -0.4 is 5.73 Å². The number of halogens is 1. The second-order valence-corrected chi connectivity index (χ2v) is 5.19.